The van der Waals surface area contributed by atoms with Crippen molar-refractivity contribution in [3.05, 3.63) is 88.4 Å². The maximum absolute atomic E-state index is 13.2. The molecule has 2 aromatic carbocycles. The monoisotopic (exact) mass is 493 g/mol. The fourth-order valence-corrected chi connectivity index (χ4v) is 6.02. The van der Waals surface area contributed by atoms with Crippen molar-refractivity contribution in [1.82, 2.24) is 25.5 Å². The number of benzene rings is 2. The van der Waals surface area contributed by atoms with Gasteiger partial charge in [-0.1, -0.05) is 65.6 Å². The minimum Gasteiger partial charge on any atom is -0.346 e. The number of carbonyl (C=O) groups is 1. The number of halogens is 1. The molecule has 1 N–H and O–H groups in total. The Morgan fingerprint density at radius 2 is 1.82 bits per heavy atom. The highest BCUT2D eigenvalue weighted by Crippen LogP contribution is 2.37. The lowest BCUT2D eigenvalue weighted by Crippen LogP contribution is -2.22. The quantitative estimate of drug-likeness (QED) is 0.236. The number of rotatable bonds is 7. The highest BCUT2D eigenvalue weighted by Gasteiger charge is 2.15. The Bertz CT molecular complexity index is 1400. The van der Waals surface area contributed by atoms with Gasteiger partial charge in [0.2, 0.25) is 5.01 Å². The van der Waals surface area contributed by atoms with Crippen LogP contribution in [0.15, 0.2) is 72.0 Å². The lowest BCUT2D eigenvalue weighted by Gasteiger charge is -2.02. The van der Waals surface area contributed by atoms with Gasteiger partial charge in [0.05, 0.1) is 16.0 Å². The SMILES string of the molecule is O=C(NCc1ccccc1)c1nnc(CSc2ncnc3cc(-c4ccc(F)cc4)sc23)s1. The van der Waals surface area contributed by atoms with Gasteiger partial charge in [0.1, 0.15) is 22.2 Å². The topological polar surface area (TPSA) is 80.7 Å². The van der Waals surface area contributed by atoms with Crippen molar-refractivity contribution in [3.63, 3.8) is 0 Å². The van der Waals surface area contributed by atoms with Crippen LogP contribution < -0.4 is 5.32 Å². The number of nitrogens with zero attached hydrogens (tertiary/aromatic N) is 4. The number of carbonyl (C=O) groups excluding carboxylic acids is 1. The number of fused-ring (bicyclic) bond motifs is 1. The molecule has 0 atom stereocenters. The summed E-state index contributed by atoms with van der Waals surface area (Å²) >= 11 is 4.37. The molecular weight excluding hydrogens is 477 g/mol. The molecule has 0 saturated heterocycles. The summed E-state index contributed by atoms with van der Waals surface area (Å²) in [5, 5.41) is 13.0. The molecule has 33 heavy (non-hydrogen) atoms. The molecule has 3 aromatic heterocycles. The van der Waals surface area contributed by atoms with Gasteiger partial charge in [-0.05, 0) is 29.3 Å². The third kappa shape index (κ3) is 5.08. The van der Waals surface area contributed by atoms with E-state index in [0.29, 0.717) is 17.3 Å². The summed E-state index contributed by atoms with van der Waals surface area (Å²) in [7, 11) is 0. The van der Waals surface area contributed by atoms with Crippen molar-refractivity contribution >= 4 is 50.6 Å². The first-order chi connectivity index (χ1) is 16.2. The summed E-state index contributed by atoms with van der Waals surface area (Å²) in [5.74, 6) is 0.0415. The molecule has 1 amide bonds. The third-order valence-corrected chi connectivity index (χ3v) is 8.11. The number of hydrogen-bond donors (Lipinski definition) is 1. The van der Waals surface area contributed by atoms with Gasteiger partial charge >= 0.3 is 0 Å². The minimum atomic E-state index is -0.263. The average molecular weight is 494 g/mol. The normalized spacial score (nSPS) is 11.1. The Labute approximate surface area is 201 Å². The highest BCUT2D eigenvalue weighted by atomic mass is 32.2. The smallest absolute Gasteiger partial charge is 0.282 e. The van der Waals surface area contributed by atoms with E-state index in [1.54, 1.807) is 23.5 Å². The lowest BCUT2D eigenvalue weighted by atomic mass is 10.2. The van der Waals surface area contributed by atoms with Gasteiger partial charge in [-0.25, -0.2) is 14.4 Å². The molecule has 5 rings (SSSR count). The third-order valence-electron chi connectivity index (χ3n) is 4.70. The predicted octanol–water partition coefficient (Wildman–Crippen LogP) is 5.57. The Kier molecular flexibility index (Phi) is 6.38. The predicted molar refractivity (Wildman–Crippen MR) is 130 cm³/mol. The van der Waals surface area contributed by atoms with E-state index >= 15 is 0 Å². The van der Waals surface area contributed by atoms with E-state index in [0.717, 1.165) is 36.3 Å². The number of amides is 1. The summed E-state index contributed by atoms with van der Waals surface area (Å²) in [5.41, 5.74) is 2.80. The lowest BCUT2D eigenvalue weighted by molar-refractivity contribution is 0.0950. The molecule has 0 aliphatic rings. The van der Waals surface area contributed by atoms with E-state index in [1.807, 2.05) is 36.4 Å². The number of hydrogen-bond acceptors (Lipinski definition) is 8. The van der Waals surface area contributed by atoms with Crippen LogP contribution in [0.25, 0.3) is 20.7 Å². The first-order valence-corrected chi connectivity index (χ1v) is 12.6. The van der Waals surface area contributed by atoms with Crippen LogP contribution in [0.1, 0.15) is 20.4 Å². The molecule has 0 radical (unpaired) electrons. The molecule has 0 aliphatic carbocycles. The van der Waals surface area contributed by atoms with Gasteiger partial charge in [-0.15, -0.1) is 21.5 Å². The molecule has 0 spiro atoms. The molecule has 6 nitrogen and oxygen atoms in total. The zero-order valence-electron chi connectivity index (χ0n) is 17.1. The maximum Gasteiger partial charge on any atom is 0.282 e. The molecule has 0 fully saturated rings. The summed E-state index contributed by atoms with van der Waals surface area (Å²) in [6.07, 6.45) is 1.54. The number of thioether (sulfide) groups is 1. The van der Waals surface area contributed by atoms with Crippen LogP contribution in [-0.4, -0.2) is 26.1 Å². The fourth-order valence-electron chi connectivity index (χ4n) is 3.08. The average Bonchev–Trinajstić information content (AvgIpc) is 3.50. The minimum absolute atomic E-state index is 0.237. The van der Waals surface area contributed by atoms with Crippen molar-refractivity contribution in [3.8, 4) is 10.4 Å². The first-order valence-electron chi connectivity index (χ1n) is 9.93. The summed E-state index contributed by atoms with van der Waals surface area (Å²) in [6.45, 7) is 0.441. The molecule has 3 heterocycles. The van der Waals surface area contributed by atoms with Gasteiger partial charge in [-0.2, -0.15) is 0 Å². The van der Waals surface area contributed by atoms with Crippen molar-refractivity contribution in [2.24, 2.45) is 0 Å². The zero-order chi connectivity index (χ0) is 22.6. The summed E-state index contributed by atoms with van der Waals surface area (Å²) in [4.78, 5) is 22.2. The van der Waals surface area contributed by atoms with Crippen LogP contribution in [0.2, 0.25) is 0 Å². The van der Waals surface area contributed by atoms with E-state index in [4.69, 9.17) is 0 Å². The van der Waals surface area contributed by atoms with E-state index in [-0.39, 0.29) is 11.7 Å². The maximum atomic E-state index is 13.2. The Balaban J connectivity index is 1.26. The zero-order valence-corrected chi connectivity index (χ0v) is 19.5. The summed E-state index contributed by atoms with van der Waals surface area (Å²) < 4.78 is 14.2. The van der Waals surface area contributed by atoms with Crippen LogP contribution in [0.4, 0.5) is 4.39 Å². The molecule has 0 unspecified atom stereocenters. The number of thiophene rings is 1. The molecule has 10 heteroatoms. The second-order valence-electron chi connectivity index (χ2n) is 6.97. The van der Waals surface area contributed by atoms with Crippen LogP contribution in [-0.2, 0) is 12.3 Å². The van der Waals surface area contributed by atoms with Gasteiger partial charge in [0.15, 0.2) is 0 Å². The second kappa shape index (κ2) is 9.74. The molecule has 164 valence electrons. The van der Waals surface area contributed by atoms with Crippen molar-refractivity contribution in [1.29, 1.82) is 0 Å². The Hall–Kier alpha value is -3.21. The second-order valence-corrected chi connectivity index (χ2v) is 10.0. The first kappa shape index (κ1) is 21.6. The van der Waals surface area contributed by atoms with Crippen LogP contribution in [0.5, 0.6) is 0 Å². The van der Waals surface area contributed by atoms with Crippen LogP contribution >= 0.6 is 34.4 Å². The van der Waals surface area contributed by atoms with E-state index in [9.17, 15) is 9.18 Å². The fraction of sp³-hybridized carbons (Fsp3) is 0.0870. The van der Waals surface area contributed by atoms with Gasteiger partial charge in [0.25, 0.3) is 5.91 Å². The van der Waals surface area contributed by atoms with Gasteiger partial charge in [-0.3, -0.25) is 4.79 Å². The van der Waals surface area contributed by atoms with E-state index < -0.39 is 0 Å². The highest BCUT2D eigenvalue weighted by molar-refractivity contribution is 7.98. The molecule has 0 bridgehead atoms. The van der Waals surface area contributed by atoms with Crippen molar-refractivity contribution < 1.29 is 9.18 Å². The molecule has 0 saturated carbocycles. The number of nitrogens with one attached hydrogen (secondary N) is 1. The van der Waals surface area contributed by atoms with E-state index in [1.165, 1.54) is 41.6 Å². The molecular formula is C23H16FN5OS3. The number of aromatic nitrogens is 4. The summed E-state index contributed by atoms with van der Waals surface area (Å²) in [6, 6.07) is 18.1. The van der Waals surface area contributed by atoms with Crippen LogP contribution in [0.3, 0.4) is 0 Å². The molecule has 0 aliphatic heterocycles. The van der Waals surface area contributed by atoms with Crippen molar-refractivity contribution in [2.75, 3.05) is 0 Å². The standard InChI is InChI=1S/C23H16FN5OS3/c24-16-8-6-15(7-9-16)18-10-17-20(32-18)22(27-13-26-17)31-12-19-28-29-23(33-19)21(30)25-11-14-4-2-1-3-5-14/h1-10,13H,11-12H2,(H,25,30). The van der Waals surface area contributed by atoms with E-state index in [2.05, 4.69) is 25.5 Å². The van der Waals surface area contributed by atoms with Crippen LogP contribution in [0, 0.1) is 5.82 Å². The Morgan fingerprint density at radius 3 is 2.64 bits per heavy atom. The largest absolute Gasteiger partial charge is 0.346 e. The van der Waals surface area contributed by atoms with Gasteiger partial charge < -0.3 is 5.32 Å². The van der Waals surface area contributed by atoms with Crippen molar-refractivity contribution in [2.45, 2.75) is 17.3 Å². The van der Waals surface area contributed by atoms with Gasteiger partial charge in [0, 0.05) is 11.4 Å². The Morgan fingerprint density at radius 1 is 1.00 bits per heavy atom. The molecule has 5 aromatic rings.